The number of amides is 2. The van der Waals surface area contributed by atoms with Crippen LogP contribution in [0.5, 0.6) is 0 Å². The lowest BCUT2D eigenvalue weighted by molar-refractivity contribution is -0.128. The van der Waals surface area contributed by atoms with E-state index < -0.39 is 11.5 Å². The molecule has 2 aromatic carbocycles. The summed E-state index contributed by atoms with van der Waals surface area (Å²) in [4.78, 5) is 38.3. The molecular formula is C27H27N3O4. The summed E-state index contributed by atoms with van der Waals surface area (Å²) in [7, 11) is 4.81. The lowest BCUT2D eigenvalue weighted by Gasteiger charge is -2.31. The molecule has 1 aliphatic carbocycles. The van der Waals surface area contributed by atoms with E-state index in [4.69, 9.17) is 4.74 Å². The summed E-state index contributed by atoms with van der Waals surface area (Å²) in [6, 6.07) is 12.8. The van der Waals surface area contributed by atoms with Gasteiger partial charge in [-0.25, -0.2) is 4.79 Å². The molecule has 34 heavy (non-hydrogen) atoms. The predicted octanol–water partition coefficient (Wildman–Crippen LogP) is 3.81. The van der Waals surface area contributed by atoms with Crippen LogP contribution in [0.15, 0.2) is 72.8 Å². The molecule has 4 rings (SSSR count). The van der Waals surface area contributed by atoms with Crippen molar-refractivity contribution in [3.63, 3.8) is 0 Å². The first kappa shape index (κ1) is 23.0. The molecule has 0 saturated carbocycles. The molecule has 0 spiro atoms. The molecule has 1 heterocycles. The van der Waals surface area contributed by atoms with Crippen molar-refractivity contribution in [2.45, 2.75) is 18.4 Å². The number of rotatable bonds is 6. The van der Waals surface area contributed by atoms with Crippen LogP contribution in [0, 0.1) is 0 Å². The van der Waals surface area contributed by atoms with Crippen LogP contribution in [0.2, 0.25) is 0 Å². The van der Waals surface area contributed by atoms with Crippen molar-refractivity contribution in [1.29, 1.82) is 0 Å². The molecule has 2 amide bonds. The van der Waals surface area contributed by atoms with Crippen LogP contribution in [0.1, 0.15) is 27.9 Å². The van der Waals surface area contributed by atoms with E-state index in [9.17, 15) is 14.4 Å². The van der Waals surface area contributed by atoms with Crippen molar-refractivity contribution >= 4 is 34.7 Å². The van der Waals surface area contributed by atoms with Crippen molar-refractivity contribution in [2.24, 2.45) is 0 Å². The molecule has 0 bridgehead atoms. The van der Waals surface area contributed by atoms with Gasteiger partial charge in [0.1, 0.15) is 0 Å². The Morgan fingerprint density at radius 1 is 1.15 bits per heavy atom. The van der Waals surface area contributed by atoms with Gasteiger partial charge in [0.15, 0.2) is 0 Å². The van der Waals surface area contributed by atoms with E-state index in [0.717, 1.165) is 16.8 Å². The fourth-order valence-corrected chi connectivity index (χ4v) is 4.02. The van der Waals surface area contributed by atoms with Gasteiger partial charge in [-0.05, 0) is 42.3 Å². The second kappa shape index (κ2) is 9.39. The van der Waals surface area contributed by atoms with E-state index in [1.165, 1.54) is 7.11 Å². The number of nitrogens with zero attached hydrogens (tertiary/aromatic N) is 1. The van der Waals surface area contributed by atoms with Crippen molar-refractivity contribution in [2.75, 3.05) is 31.8 Å². The molecule has 174 valence electrons. The number of likely N-dealkylation sites (N-methyl/N-ethyl adjacent to an activating group) is 1. The molecule has 2 aliphatic rings. The quantitative estimate of drug-likeness (QED) is 0.509. The maximum absolute atomic E-state index is 12.9. The van der Waals surface area contributed by atoms with Gasteiger partial charge in [-0.2, -0.15) is 0 Å². The average molecular weight is 458 g/mol. The molecule has 2 aromatic rings. The minimum absolute atomic E-state index is 0.0449. The van der Waals surface area contributed by atoms with Gasteiger partial charge in [0.25, 0.3) is 5.91 Å². The highest BCUT2D eigenvalue weighted by Gasteiger charge is 2.31. The summed E-state index contributed by atoms with van der Waals surface area (Å²) < 4.78 is 4.78. The number of esters is 1. The van der Waals surface area contributed by atoms with Crippen LogP contribution in [-0.2, 0) is 20.7 Å². The van der Waals surface area contributed by atoms with Crippen molar-refractivity contribution < 1.29 is 19.1 Å². The van der Waals surface area contributed by atoms with E-state index in [-0.39, 0.29) is 11.8 Å². The zero-order valence-electron chi connectivity index (χ0n) is 19.4. The van der Waals surface area contributed by atoms with Gasteiger partial charge in [0.2, 0.25) is 5.91 Å². The number of fused-ring (bicyclic) bond motifs is 1. The third-order valence-electron chi connectivity index (χ3n) is 5.91. The number of hydrogen-bond donors (Lipinski definition) is 2. The van der Waals surface area contributed by atoms with E-state index in [2.05, 4.69) is 10.6 Å². The Balaban J connectivity index is 1.63. The van der Waals surface area contributed by atoms with Gasteiger partial charge in [-0.3, -0.25) is 9.59 Å². The second-order valence-electron chi connectivity index (χ2n) is 8.58. The third kappa shape index (κ3) is 4.78. The standard InChI is InChI=1S/C27H27N3O4/c1-30(2)24(31)15-18-7-10-20(11-8-18)29-27(13-5-4-6-14-27)17-22-21-12-9-19(26(33)34-3)16-23(21)28-25(22)32/h4-13,16-17,29H,14-15H2,1-3H3,(H,28,32)/b22-17-. The first-order chi connectivity index (χ1) is 16.3. The molecule has 1 aliphatic heterocycles. The number of nitrogens with one attached hydrogen (secondary N) is 2. The number of carbonyl (C=O) groups is 3. The number of allylic oxidation sites excluding steroid dienone is 2. The highest BCUT2D eigenvalue weighted by molar-refractivity contribution is 6.32. The highest BCUT2D eigenvalue weighted by Crippen LogP contribution is 2.36. The van der Waals surface area contributed by atoms with Crippen molar-refractivity contribution in [3.8, 4) is 0 Å². The summed E-state index contributed by atoms with van der Waals surface area (Å²) in [6.07, 6.45) is 10.9. The summed E-state index contributed by atoms with van der Waals surface area (Å²) in [5.74, 6) is -0.633. The Morgan fingerprint density at radius 2 is 1.91 bits per heavy atom. The summed E-state index contributed by atoms with van der Waals surface area (Å²) in [5.41, 5.74) is 3.42. The lowest BCUT2D eigenvalue weighted by Crippen LogP contribution is -2.35. The maximum Gasteiger partial charge on any atom is 0.337 e. The minimum atomic E-state index is -0.620. The normalized spacial score (nSPS) is 19.5. The summed E-state index contributed by atoms with van der Waals surface area (Å²) >= 11 is 0. The average Bonchev–Trinajstić information content (AvgIpc) is 3.14. The molecule has 1 atom stereocenters. The Labute approximate surface area is 198 Å². The number of methoxy groups -OCH3 is 1. The summed E-state index contributed by atoms with van der Waals surface area (Å²) in [5, 5.41) is 6.40. The fraction of sp³-hybridized carbons (Fsp3) is 0.222. The van der Waals surface area contributed by atoms with Gasteiger partial charge < -0.3 is 20.3 Å². The Kier molecular flexibility index (Phi) is 6.36. The van der Waals surface area contributed by atoms with Crippen LogP contribution in [0.4, 0.5) is 11.4 Å². The van der Waals surface area contributed by atoms with Crippen LogP contribution in [0.25, 0.3) is 5.57 Å². The lowest BCUT2D eigenvalue weighted by atomic mass is 9.87. The van der Waals surface area contributed by atoms with Crippen molar-refractivity contribution in [3.05, 3.63) is 89.5 Å². The molecule has 0 aromatic heterocycles. The summed E-state index contributed by atoms with van der Waals surface area (Å²) in [6.45, 7) is 0. The van der Waals surface area contributed by atoms with Gasteiger partial charge >= 0.3 is 5.97 Å². The highest BCUT2D eigenvalue weighted by atomic mass is 16.5. The number of carbonyl (C=O) groups excluding carboxylic acids is 3. The predicted molar refractivity (Wildman–Crippen MR) is 132 cm³/mol. The maximum atomic E-state index is 12.9. The van der Waals surface area contributed by atoms with Gasteiger partial charge in [-0.1, -0.05) is 42.5 Å². The SMILES string of the molecule is COC(=O)c1ccc2c(c1)NC(=O)/C2=C\C1(Nc2ccc(CC(=O)N(C)C)cc2)C=CC=CC1. The minimum Gasteiger partial charge on any atom is -0.465 e. The molecule has 1 unspecified atom stereocenters. The van der Waals surface area contributed by atoms with Gasteiger partial charge in [-0.15, -0.1) is 0 Å². The molecular weight excluding hydrogens is 430 g/mol. The molecule has 0 saturated heterocycles. The third-order valence-corrected chi connectivity index (χ3v) is 5.91. The van der Waals surface area contributed by atoms with Gasteiger partial charge in [0, 0.05) is 36.6 Å². The van der Waals surface area contributed by atoms with E-state index in [0.29, 0.717) is 29.7 Å². The first-order valence-electron chi connectivity index (χ1n) is 11.0. The van der Waals surface area contributed by atoms with Crippen LogP contribution in [-0.4, -0.2) is 49.4 Å². The van der Waals surface area contributed by atoms with E-state index >= 15 is 0 Å². The van der Waals surface area contributed by atoms with Crippen LogP contribution in [0.3, 0.4) is 0 Å². The molecule has 7 heteroatoms. The Bertz CT molecular complexity index is 1220. The van der Waals surface area contributed by atoms with Crippen LogP contribution < -0.4 is 10.6 Å². The molecule has 0 fully saturated rings. The van der Waals surface area contributed by atoms with E-state index in [1.807, 2.05) is 54.6 Å². The molecule has 2 N–H and O–H groups in total. The molecule has 0 radical (unpaired) electrons. The smallest absolute Gasteiger partial charge is 0.337 e. The fourth-order valence-electron chi connectivity index (χ4n) is 4.02. The van der Waals surface area contributed by atoms with E-state index in [1.54, 1.807) is 37.2 Å². The first-order valence-corrected chi connectivity index (χ1v) is 11.0. The Morgan fingerprint density at radius 3 is 2.56 bits per heavy atom. The zero-order chi connectivity index (χ0) is 24.3. The number of hydrogen-bond acceptors (Lipinski definition) is 5. The molecule has 7 nitrogen and oxygen atoms in total. The van der Waals surface area contributed by atoms with Gasteiger partial charge in [0.05, 0.1) is 24.6 Å². The number of ether oxygens (including phenoxy) is 1. The number of benzene rings is 2. The second-order valence-corrected chi connectivity index (χ2v) is 8.58. The Hall–Kier alpha value is -4.13. The topological polar surface area (TPSA) is 87.7 Å². The van der Waals surface area contributed by atoms with Crippen molar-refractivity contribution in [1.82, 2.24) is 4.90 Å². The monoisotopic (exact) mass is 457 g/mol. The van der Waals surface area contributed by atoms with Crippen LogP contribution >= 0.6 is 0 Å². The zero-order valence-corrected chi connectivity index (χ0v) is 19.4. The number of anilines is 2. The largest absolute Gasteiger partial charge is 0.465 e.